The summed E-state index contributed by atoms with van der Waals surface area (Å²) in [6.45, 7) is 10.6. The van der Waals surface area contributed by atoms with Crippen molar-refractivity contribution in [3.05, 3.63) is 48.1 Å². The number of hydrogen-bond donors (Lipinski definition) is 0. The van der Waals surface area contributed by atoms with Crippen LogP contribution in [-0.2, 0) is 0 Å². The van der Waals surface area contributed by atoms with Crippen LogP contribution in [0, 0.1) is 6.92 Å². The first-order chi connectivity index (χ1) is 6.20. The van der Waals surface area contributed by atoms with Crippen LogP contribution in [0.25, 0.3) is 5.57 Å². The molecule has 1 aliphatic rings. The minimum absolute atomic E-state index is 0.565. The molecule has 0 N–H and O–H groups in total. The fourth-order valence-corrected chi connectivity index (χ4v) is 1.58. The van der Waals surface area contributed by atoms with Crippen molar-refractivity contribution in [1.82, 2.24) is 0 Å². The largest absolute Gasteiger partial charge is 0.488 e. The van der Waals surface area contributed by atoms with Gasteiger partial charge in [-0.3, -0.25) is 0 Å². The molecule has 1 aliphatic heterocycles. The van der Waals surface area contributed by atoms with E-state index in [1.165, 1.54) is 5.56 Å². The third kappa shape index (κ3) is 1.17. The Balaban J connectivity index is 2.64. The van der Waals surface area contributed by atoms with Crippen molar-refractivity contribution in [2.45, 2.75) is 6.92 Å². The molecule has 0 saturated carbocycles. The Kier molecular flexibility index (Phi) is 1.73. The molecule has 13 heavy (non-hydrogen) atoms. The minimum atomic E-state index is 0.565. The highest BCUT2D eigenvalue weighted by atomic mass is 16.5. The zero-order valence-electron chi connectivity index (χ0n) is 7.76. The fourth-order valence-electron chi connectivity index (χ4n) is 1.58. The fraction of sp³-hybridized carbons (Fsp3) is 0.167. The quantitative estimate of drug-likeness (QED) is 0.584. The molecule has 0 unspecified atom stereocenters. The number of fused-ring (bicyclic) bond motifs is 1. The predicted octanol–water partition coefficient (Wildman–Crippen LogP) is 2.96. The summed E-state index contributed by atoms with van der Waals surface area (Å²) in [5.74, 6) is 0.928. The van der Waals surface area contributed by atoms with E-state index in [2.05, 4.69) is 26.1 Å². The third-order valence-electron chi connectivity index (χ3n) is 2.37. The zero-order chi connectivity index (χ0) is 9.42. The number of aryl methyl sites for hydroxylation is 1. The Labute approximate surface area is 78.3 Å². The van der Waals surface area contributed by atoms with Crippen LogP contribution in [0.3, 0.4) is 0 Å². The highest BCUT2D eigenvalue weighted by molar-refractivity contribution is 5.83. The lowest BCUT2D eigenvalue weighted by Crippen LogP contribution is -2.10. The Morgan fingerprint density at radius 2 is 2.08 bits per heavy atom. The molecular weight excluding hydrogens is 160 g/mol. The molecule has 0 aromatic heterocycles. The Bertz CT molecular complexity index is 388. The van der Waals surface area contributed by atoms with Crippen molar-refractivity contribution >= 4 is 5.57 Å². The summed E-state index contributed by atoms with van der Waals surface area (Å²) in [4.78, 5) is 0. The van der Waals surface area contributed by atoms with Gasteiger partial charge >= 0.3 is 0 Å². The van der Waals surface area contributed by atoms with Crippen molar-refractivity contribution in [3.63, 3.8) is 0 Å². The van der Waals surface area contributed by atoms with E-state index in [9.17, 15) is 0 Å². The van der Waals surface area contributed by atoms with E-state index in [-0.39, 0.29) is 0 Å². The van der Waals surface area contributed by atoms with Crippen molar-refractivity contribution in [3.8, 4) is 5.75 Å². The minimum Gasteiger partial charge on any atom is -0.488 e. The van der Waals surface area contributed by atoms with Gasteiger partial charge in [-0.05, 0) is 29.7 Å². The van der Waals surface area contributed by atoms with E-state index >= 15 is 0 Å². The second-order valence-electron chi connectivity index (χ2n) is 3.32. The zero-order valence-corrected chi connectivity index (χ0v) is 7.76. The second-order valence-corrected chi connectivity index (χ2v) is 3.32. The summed E-state index contributed by atoms with van der Waals surface area (Å²) < 4.78 is 5.53. The van der Waals surface area contributed by atoms with Gasteiger partial charge in [0.25, 0.3) is 0 Å². The molecule has 0 aliphatic carbocycles. The molecular formula is C12H12O. The van der Waals surface area contributed by atoms with E-state index in [0.29, 0.717) is 6.61 Å². The van der Waals surface area contributed by atoms with Crippen LogP contribution >= 0.6 is 0 Å². The summed E-state index contributed by atoms with van der Waals surface area (Å²) in [5.41, 5.74) is 4.29. The van der Waals surface area contributed by atoms with Gasteiger partial charge in [0.15, 0.2) is 0 Å². The summed E-state index contributed by atoms with van der Waals surface area (Å²) in [6.07, 6.45) is 0. The Morgan fingerprint density at radius 1 is 1.31 bits per heavy atom. The smallest absolute Gasteiger partial charge is 0.127 e. The first-order valence-electron chi connectivity index (χ1n) is 4.30. The van der Waals surface area contributed by atoms with Gasteiger partial charge in [0.05, 0.1) is 0 Å². The van der Waals surface area contributed by atoms with Gasteiger partial charge in [-0.15, -0.1) is 0 Å². The average Bonchev–Trinajstić information content (AvgIpc) is 2.12. The molecule has 0 bridgehead atoms. The molecule has 1 nitrogen and oxygen atoms in total. The molecule has 2 rings (SSSR count). The first-order valence-corrected chi connectivity index (χ1v) is 4.30. The van der Waals surface area contributed by atoms with Crippen molar-refractivity contribution in [2.24, 2.45) is 0 Å². The molecule has 0 spiro atoms. The predicted molar refractivity (Wildman–Crippen MR) is 54.8 cm³/mol. The van der Waals surface area contributed by atoms with Crippen LogP contribution in [-0.4, -0.2) is 6.61 Å². The lowest BCUT2D eigenvalue weighted by molar-refractivity contribution is 0.349. The molecule has 1 heterocycles. The van der Waals surface area contributed by atoms with E-state index in [1.807, 2.05) is 12.1 Å². The highest BCUT2D eigenvalue weighted by Gasteiger charge is 2.17. The molecule has 0 fully saturated rings. The first kappa shape index (κ1) is 8.11. The number of rotatable bonds is 0. The molecule has 0 atom stereocenters. The number of ether oxygens (including phenoxy) is 1. The van der Waals surface area contributed by atoms with Crippen LogP contribution in [0.15, 0.2) is 36.9 Å². The Hall–Kier alpha value is -1.50. The van der Waals surface area contributed by atoms with Gasteiger partial charge in [0.1, 0.15) is 12.4 Å². The summed E-state index contributed by atoms with van der Waals surface area (Å²) >= 11 is 0. The van der Waals surface area contributed by atoms with Crippen molar-refractivity contribution in [1.29, 1.82) is 0 Å². The molecule has 1 heteroatoms. The van der Waals surface area contributed by atoms with Gasteiger partial charge in [-0.25, -0.2) is 0 Å². The topological polar surface area (TPSA) is 9.23 Å². The average molecular weight is 172 g/mol. The third-order valence-corrected chi connectivity index (χ3v) is 2.37. The normalized spacial score (nSPS) is 15.2. The van der Waals surface area contributed by atoms with Gasteiger partial charge in [-0.2, -0.15) is 0 Å². The van der Waals surface area contributed by atoms with Gasteiger partial charge in [0.2, 0.25) is 0 Å². The Morgan fingerprint density at radius 3 is 2.85 bits per heavy atom. The molecule has 1 aromatic carbocycles. The van der Waals surface area contributed by atoms with Gasteiger partial charge in [0, 0.05) is 5.56 Å². The number of benzene rings is 1. The summed E-state index contributed by atoms with van der Waals surface area (Å²) in [5, 5.41) is 0. The standard InChI is InChI=1S/C12H12O/c1-8-5-4-6-11-12(8)10(3)9(2)7-13-11/h4-6H,2-3,7H2,1H3. The van der Waals surface area contributed by atoms with Gasteiger partial charge < -0.3 is 4.74 Å². The summed E-state index contributed by atoms with van der Waals surface area (Å²) in [7, 11) is 0. The number of hydrogen-bond acceptors (Lipinski definition) is 1. The molecule has 1 aromatic rings. The van der Waals surface area contributed by atoms with E-state index in [1.54, 1.807) is 0 Å². The lowest BCUT2D eigenvalue weighted by Gasteiger charge is -2.22. The van der Waals surface area contributed by atoms with Gasteiger partial charge in [-0.1, -0.05) is 25.3 Å². The molecule has 0 saturated heterocycles. The van der Waals surface area contributed by atoms with E-state index < -0.39 is 0 Å². The van der Waals surface area contributed by atoms with E-state index in [0.717, 1.165) is 22.5 Å². The maximum Gasteiger partial charge on any atom is 0.127 e. The van der Waals surface area contributed by atoms with E-state index in [4.69, 9.17) is 4.74 Å². The van der Waals surface area contributed by atoms with Crippen LogP contribution in [0.2, 0.25) is 0 Å². The van der Waals surface area contributed by atoms with Crippen molar-refractivity contribution < 1.29 is 4.74 Å². The molecule has 0 amide bonds. The molecule has 0 radical (unpaired) electrons. The van der Waals surface area contributed by atoms with Crippen LogP contribution in [0.1, 0.15) is 11.1 Å². The van der Waals surface area contributed by atoms with Crippen LogP contribution in [0.4, 0.5) is 0 Å². The lowest BCUT2D eigenvalue weighted by atomic mass is 9.94. The highest BCUT2D eigenvalue weighted by Crippen LogP contribution is 2.35. The second kappa shape index (κ2) is 2.77. The monoisotopic (exact) mass is 172 g/mol. The summed E-state index contributed by atoms with van der Waals surface area (Å²) in [6, 6.07) is 6.03. The SMILES string of the molecule is C=C1COc2cccc(C)c2C1=C. The molecule has 66 valence electrons. The maximum absolute atomic E-state index is 5.53. The maximum atomic E-state index is 5.53. The van der Waals surface area contributed by atoms with Crippen LogP contribution in [0.5, 0.6) is 5.75 Å². The van der Waals surface area contributed by atoms with Crippen molar-refractivity contribution in [2.75, 3.05) is 6.61 Å². The van der Waals surface area contributed by atoms with Crippen LogP contribution < -0.4 is 4.74 Å².